The summed E-state index contributed by atoms with van der Waals surface area (Å²) in [5, 5.41) is 34.6. The van der Waals surface area contributed by atoms with Gasteiger partial charge in [-0.25, -0.2) is 0 Å². The van der Waals surface area contributed by atoms with Crippen LogP contribution in [0.25, 0.3) is 0 Å². The number of nitrogens with zero attached hydrogens (tertiary/aromatic N) is 2. The Hall–Kier alpha value is -2.43. The summed E-state index contributed by atoms with van der Waals surface area (Å²) >= 11 is 0. The molecule has 1 atom stereocenters. The fourth-order valence-electron chi connectivity index (χ4n) is 2.96. The smallest absolute Gasteiger partial charge is 0.391 e. The second kappa shape index (κ2) is 7.21. The number of hydrogen-bond acceptors (Lipinski definition) is 6. The predicted molar refractivity (Wildman–Crippen MR) is 81.2 cm³/mol. The third-order valence-electron chi connectivity index (χ3n) is 4.25. The standard InChI is InChI=1S/C14H16F3N3O5/c15-14(16,17)9-5-10(19(22)23)13(11(6-9)20(24)25)18-7-12(21)8-3-1-2-4-8/h5-6,8,12,18,21H,1-4,7H2. The van der Waals surface area contributed by atoms with Gasteiger partial charge in [-0.1, -0.05) is 12.8 Å². The van der Waals surface area contributed by atoms with Crippen LogP contribution in [0.1, 0.15) is 31.2 Å². The number of rotatable bonds is 6. The summed E-state index contributed by atoms with van der Waals surface area (Å²) in [5.74, 6) is -0.0416. The predicted octanol–water partition coefficient (Wildman–Crippen LogP) is 3.48. The maximum atomic E-state index is 12.8. The first-order valence-corrected chi connectivity index (χ1v) is 7.57. The number of aliphatic hydroxyl groups is 1. The van der Waals surface area contributed by atoms with Crippen LogP contribution in [0.3, 0.4) is 0 Å². The van der Waals surface area contributed by atoms with E-state index in [0.717, 1.165) is 25.7 Å². The molecule has 11 heteroatoms. The second-order valence-corrected chi connectivity index (χ2v) is 5.89. The molecule has 0 heterocycles. The highest BCUT2D eigenvalue weighted by Crippen LogP contribution is 2.41. The molecule has 0 amide bonds. The molecule has 1 unspecified atom stereocenters. The Bertz CT molecular complexity index is 639. The van der Waals surface area contributed by atoms with Gasteiger partial charge in [0.25, 0.3) is 11.4 Å². The minimum Gasteiger partial charge on any atom is -0.391 e. The Morgan fingerprint density at radius 3 is 2.04 bits per heavy atom. The van der Waals surface area contributed by atoms with Crippen LogP contribution in [-0.2, 0) is 6.18 Å². The van der Waals surface area contributed by atoms with E-state index in [2.05, 4.69) is 5.32 Å². The number of nitro groups is 2. The minimum absolute atomic E-state index is 0.0416. The highest BCUT2D eigenvalue weighted by Gasteiger charge is 2.38. The van der Waals surface area contributed by atoms with E-state index in [-0.39, 0.29) is 24.6 Å². The van der Waals surface area contributed by atoms with E-state index in [0.29, 0.717) is 0 Å². The SMILES string of the molecule is O=[N+]([O-])c1cc(C(F)(F)F)cc([N+](=O)[O-])c1NCC(O)C1CCCC1. The molecule has 2 rings (SSSR count). The normalized spacial score (nSPS) is 16.6. The van der Waals surface area contributed by atoms with Crippen molar-refractivity contribution in [2.24, 2.45) is 5.92 Å². The van der Waals surface area contributed by atoms with Crippen molar-refractivity contribution in [3.8, 4) is 0 Å². The van der Waals surface area contributed by atoms with Crippen molar-refractivity contribution in [1.82, 2.24) is 0 Å². The van der Waals surface area contributed by atoms with Crippen LogP contribution in [-0.4, -0.2) is 27.6 Å². The second-order valence-electron chi connectivity index (χ2n) is 5.89. The molecule has 0 aliphatic heterocycles. The molecule has 0 spiro atoms. The van der Waals surface area contributed by atoms with Gasteiger partial charge in [0, 0.05) is 18.7 Å². The molecule has 1 fully saturated rings. The van der Waals surface area contributed by atoms with Gasteiger partial charge in [-0.05, 0) is 18.8 Å². The van der Waals surface area contributed by atoms with Crippen LogP contribution in [0, 0.1) is 26.1 Å². The van der Waals surface area contributed by atoms with E-state index in [4.69, 9.17) is 0 Å². The van der Waals surface area contributed by atoms with Crippen molar-refractivity contribution in [2.45, 2.75) is 38.0 Å². The molecular weight excluding hydrogens is 347 g/mol. The summed E-state index contributed by atoms with van der Waals surface area (Å²) in [6, 6.07) is 0.495. The number of nitro benzene ring substituents is 2. The van der Waals surface area contributed by atoms with E-state index in [1.807, 2.05) is 0 Å². The molecule has 1 aromatic rings. The lowest BCUT2D eigenvalue weighted by Gasteiger charge is -2.19. The van der Waals surface area contributed by atoms with Crippen LogP contribution >= 0.6 is 0 Å². The average Bonchev–Trinajstić information content (AvgIpc) is 3.05. The van der Waals surface area contributed by atoms with Crippen LogP contribution in [0.4, 0.5) is 30.2 Å². The van der Waals surface area contributed by atoms with Crippen LogP contribution < -0.4 is 5.32 Å². The van der Waals surface area contributed by atoms with E-state index in [1.165, 1.54) is 0 Å². The fraction of sp³-hybridized carbons (Fsp3) is 0.571. The van der Waals surface area contributed by atoms with E-state index < -0.39 is 44.8 Å². The highest BCUT2D eigenvalue weighted by molar-refractivity contribution is 5.75. The molecule has 25 heavy (non-hydrogen) atoms. The van der Waals surface area contributed by atoms with Crippen molar-refractivity contribution in [1.29, 1.82) is 0 Å². The van der Waals surface area contributed by atoms with Gasteiger partial charge in [-0.3, -0.25) is 20.2 Å². The lowest BCUT2D eigenvalue weighted by Crippen LogP contribution is -2.27. The quantitative estimate of drug-likeness (QED) is 0.590. The number of nitrogens with one attached hydrogen (secondary N) is 1. The Morgan fingerprint density at radius 2 is 1.64 bits per heavy atom. The third kappa shape index (κ3) is 4.35. The van der Waals surface area contributed by atoms with Gasteiger partial charge in [0.1, 0.15) is 0 Å². The molecule has 1 aliphatic carbocycles. The van der Waals surface area contributed by atoms with E-state index >= 15 is 0 Å². The van der Waals surface area contributed by atoms with Crippen molar-refractivity contribution < 1.29 is 28.1 Å². The molecule has 1 saturated carbocycles. The highest BCUT2D eigenvalue weighted by atomic mass is 19.4. The van der Waals surface area contributed by atoms with Crippen molar-refractivity contribution in [3.63, 3.8) is 0 Å². The van der Waals surface area contributed by atoms with Gasteiger partial charge >= 0.3 is 6.18 Å². The van der Waals surface area contributed by atoms with Gasteiger partial charge in [-0.15, -0.1) is 0 Å². The molecular formula is C14H16F3N3O5. The molecule has 0 bridgehead atoms. The number of benzene rings is 1. The summed E-state index contributed by atoms with van der Waals surface area (Å²) in [5.41, 5.74) is -4.23. The van der Waals surface area contributed by atoms with Crippen molar-refractivity contribution in [3.05, 3.63) is 37.9 Å². The fourth-order valence-corrected chi connectivity index (χ4v) is 2.96. The monoisotopic (exact) mass is 363 g/mol. The average molecular weight is 363 g/mol. The van der Waals surface area contributed by atoms with Gasteiger partial charge in [0.2, 0.25) is 0 Å². The molecule has 0 aromatic heterocycles. The summed E-state index contributed by atoms with van der Waals surface area (Å²) in [6.45, 7) is -0.224. The molecule has 0 saturated heterocycles. The zero-order chi connectivity index (χ0) is 18.8. The first-order valence-electron chi connectivity index (χ1n) is 7.57. The number of alkyl halides is 3. The lowest BCUT2D eigenvalue weighted by atomic mass is 10.0. The molecule has 0 radical (unpaired) electrons. The largest absolute Gasteiger partial charge is 0.416 e. The van der Waals surface area contributed by atoms with E-state index in [9.17, 15) is 38.5 Å². The first-order chi connectivity index (χ1) is 11.6. The zero-order valence-electron chi connectivity index (χ0n) is 13.0. The molecule has 2 N–H and O–H groups in total. The summed E-state index contributed by atoms with van der Waals surface area (Å²) in [7, 11) is 0. The van der Waals surface area contributed by atoms with Gasteiger partial charge in [0.05, 0.1) is 21.5 Å². The lowest BCUT2D eigenvalue weighted by molar-refractivity contribution is -0.392. The molecule has 8 nitrogen and oxygen atoms in total. The van der Waals surface area contributed by atoms with Crippen LogP contribution in [0.15, 0.2) is 12.1 Å². The van der Waals surface area contributed by atoms with E-state index in [1.54, 1.807) is 0 Å². The molecule has 138 valence electrons. The van der Waals surface area contributed by atoms with Crippen molar-refractivity contribution in [2.75, 3.05) is 11.9 Å². The summed E-state index contributed by atoms with van der Waals surface area (Å²) < 4.78 is 38.5. The minimum atomic E-state index is -4.96. The van der Waals surface area contributed by atoms with Gasteiger partial charge in [-0.2, -0.15) is 13.2 Å². The van der Waals surface area contributed by atoms with Crippen molar-refractivity contribution >= 4 is 17.1 Å². The Balaban J connectivity index is 2.36. The maximum Gasteiger partial charge on any atom is 0.416 e. The zero-order valence-corrected chi connectivity index (χ0v) is 13.0. The topological polar surface area (TPSA) is 119 Å². The Kier molecular flexibility index (Phi) is 5.45. The maximum absolute atomic E-state index is 12.8. The number of halogens is 3. The summed E-state index contributed by atoms with van der Waals surface area (Å²) in [6.07, 6.45) is -2.47. The first kappa shape index (κ1) is 18.9. The number of aliphatic hydroxyl groups excluding tert-OH is 1. The molecule has 1 aromatic carbocycles. The summed E-state index contributed by atoms with van der Waals surface area (Å²) in [4.78, 5) is 19.9. The number of anilines is 1. The number of hydrogen-bond donors (Lipinski definition) is 2. The van der Waals surface area contributed by atoms with Crippen LogP contribution in [0.2, 0.25) is 0 Å². The Morgan fingerprint density at radius 1 is 1.16 bits per heavy atom. The van der Waals surface area contributed by atoms with Gasteiger partial charge < -0.3 is 10.4 Å². The van der Waals surface area contributed by atoms with Crippen LogP contribution in [0.5, 0.6) is 0 Å². The molecule has 1 aliphatic rings. The third-order valence-corrected chi connectivity index (χ3v) is 4.25. The Labute approximate surface area is 139 Å². The van der Waals surface area contributed by atoms with Gasteiger partial charge in [0.15, 0.2) is 5.69 Å².